The molecule has 0 bridgehead atoms. The largest absolute Gasteiger partial charge is 0.461 e. The fraction of sp³-hybridized carbons (Fsp3) is 0.917. The van der Waals surface area contributed by atoms with Crippen molar-refractivity contribution in [3.05, 3.63) is 0 Å². The summed E-state index contributed by atoms with van der Waals surface area (Å²) < 4.78 is 5.13. The standard InChI is InChI=1S/C12H21ClO2/c1-2-3-4-5-6-7-8-10-9-11(13)12(14)15-10/h10-11H,2-9H2,1H3/t10-,11+/m1/s1. The molecule has 2 nitrogen and oxygen atoms in total. The number of esters is 1. The minimum absolute atomic E-state index is 0.0891. The van der Waals surface area contributed by atoms with Crippen molar-refractivity contribution in [3.8, 4) is 0 Å². The van der Waals surface area contributed by atoms with Crippen LogP contribution in [0.4, 0.5) is 0 Å². The van der Waals surface area contributed by atoms with Crippen LogP contribution >= 0.6 is 11.6 Å². The summed E-state index contributed by atoms with van der Waals surface area (Å²) in [5, 5.41) is -0.393. The number of carbonyl (C=O) groups is 1. The first-order chi connectivity index (χ1) is 7.24. The van der Waals surface area contributed by atoms with Crippen molar-refractivity contribution in [1.29, 1.82) is 0 Å². The van der Waals surface area contributed by atoms with Crippen LogP contribution in [0.5, 0.6) is 0 Å². The third-order valence-electron chi connectivity index (χ3n) is 2.89. The second kappa shape index (κ2) is 7.10. The van der Waals surface area contributed by atoms with Crippen molar-refractivity contribution >= 4 is 17.6 Å². The Balaban J connectivity index is 1.95. The summed E-state index contributed by atoms with van der Waals surface area (Å²) in [6.45, 7) is 2.22. The Morgan fingerprint density at radius 3 is 2.53 bits per heavy atom. The predicted molar refractivity (Wildman–Crippen MR) is 62.1 cm³/mol. The van der Waals surface area contributed by atoms with Gasteiger partial charge in [-0.3, -0.25) is 4.79 Å². The summed E-state index contributed by atoms with van der Waals surface area (Å²) >= 11 is 5.76. The molecule has 0 spiro atoms. The Labute approximate surface area is 97.3 Å². The van der Waals surface area contributed by atoms with Crippen LogP contribution in [0.3, 0.4) is 0 Å². The molecule has 0 aromatic carbocycles. The molecule has 0 aliphatic carbocycles. The number of halogens is 1. The maximum absolute atomic E-state index is 11.0. The van der Waals surface area contributed by atoms with Gasteiger partial charge in [0.25, 0.3) is 0 Å². The van der Waals surface area contributed by atoms with Gasteiger partial charge in [0.2, 0.25) is 0 Å². The molecule has 0 aromatic rings. The lowest BCUT2D eigenvalue weighted by atomic mass is 10.1. The fourth-order valence-corrected chi connectivity index (χ4v) is 2.19. The van der Waals surface area contributed by atoms with Crippen molar-refractivity contribution in [1.82, 2.24) is 0 Å². The zero-order chi connectivity index (χ0) is 11.1. The van der Waals surface area contributed by atoms with E-state index in [4.69, 9.17) is 16.3 Å². The lowest BCUT2D eigenvalue weighted by Gasteiger charge is -2.07. The highest BCUT2D eigenvalue weighted by molar-refractivity contribution is 6.30. The number of hydrogen-bond donors (Lipinski definition) is 0. The van der Waals surface area contributed by atoms with Crippen LogP contribution in [-0.4, -0.2) is 17.5 Å². The van der Waals surface area contributed by atoms with Gasteiger partial charge in [0.15, 0.2) is 0 Å². The molecule has 1 rings (SSSR count). The molecule has 1 heterocycles. The first-order valence-corrected chi connectivity index (χ1v) is 6.52. The number of cyclic esters (lactones) is 1. The van der Waals surface area contributed by atoms with Crippen LogP contribution in [-0.2, 0) is 9.53 Å². The number of unbranched alkanes of at least 4 members (excludes halogenated alkanes) is 5. The van der Waals surface area contributed by atoms with Crippen LogP contribution < -0.4 is 0 Å². The van der Waals surface area contributed by atoms with Gasteiger partial charge in [-0.05, 0) is 12.8 Å². The van der Waals surface area contributed by atoms with Gasteiger partial charge in [0.1, 0.15) is 11.5 Å². The molecule has 0 aromatic heterocycles. The zero-order valence-electron chi connectivity index (χ0n) is 9.51. The number of rotatable bonds is 7. The normalized spacial score (nSPS) is 25.6. The molecule has 1 aliphatic rings. The molecule has 2 atom stereocenters. The third kappa shape index (κ3) is 4.87. The quantitative estimate of drug-likeness (QED) is 0.380. The fourth-order valence-electron chi connectivity index (χ4n) is 1.94. The van der Waals surface area contributed by atoms with E-state index in [1.54, 1.807) is 0 Å². The molecule has 0 amide bonds. The number of alkyl halides is 1. The SMILES string of the molecule is CCCCCCCC[C@@H]1C[C@H](Cl)C(=O)O1. The molecular weight excluding hydrogens is 212 g/mol. The summed E-state index contributed by atoms with van der Waals surface area (Å²) in [7, 11) is 0. The van der Waals surface area contributed by atoms with Crippen LogP contribution in [0.25, 0.3) is 0 Å². The smallest absolute Gasteiger partial charge is 0.324 e. The van der Waals surface area contributed by atoms with Crippen molar-refractivity contribution in [2.24, 2.45) is 0 Å². The van der Waals surface area contributed by atoms with E-state index >= 15 is 0 Å². The average Bonchev–Trinajstić information content (AvgIpc) is 2.52. The maximum atomic E-state index is 11.0. The number of carbonyl (C=O) groups excluding carboxylic acids is 1. The monoisotopic (exact) mass is 232 g/mol. The molecule has 0 saturated carbocycles. The Morgan fingerprint density at radius 1 is 1.27 bits per heavy atom. The lowest BCUT2D eigenvalue weighted by molar-refractivity contribution is -0.141. The first kappa shape index (κ1) is 12.8. The van der Waals surface area contributed by atoms with E-state index in [0.29, 0.717) is 6.42 Å². The van der Waals surface area contributed by atoms with Crippen molar-refractivity contribution < 1.29 is 9.53 Å². The molecule has 0 radical (unpaired) electrons. The van der Waals surface area contributed by atoms with Crippen LogP contribution in [0, 0.1) is 0 Å². The van der Waals surface area contributed by atoms with Gasteiger partial charge < -0.3 is 4.74 Å². The summed E-state index contributed by atoms with van der Waals surface area (Å²) in [6, 6.07) is 0. The maximum Gasteiger partial charge on any atom is 0.324 e. The highest BCUT2D eigenvalue weighted by Gasteiger charge is 2.31. The number of ether oxygens (including phenoxy) is 1. The molecule has 0 N–H and O–H groups in total. The highest BCUT2D eigenvalue weighted by Crippen LogP contribution is 2.23. The third-order valence-corrected chi connectivity index (χ3v) is 3.24. The van der Waals surface area contributed by atoms with E-state index < -0.39 is 5.38 Å². The van der Waals surface area contributed by atoms with Gasteiger partial charge in [-0.15, -0.1) is 11.6 Å². The van der Waals surface area contributed by atoms with E-state index in [1.165, 1.54) is 32.1 Å². The van der Waals surface area contributed by atoms with Crippen molar-refractivity contribution in [2.75, 3.05) is 0 Å². The molecule has 1 saturated heterocycles. The van der Waals surface area contributed by atoms with Gasteiger partial charge in [-0.2, -0.15) is 0 Å². The summed E-state index contributed by atoms with van der Waals surface area (Å²) in [6.07, 6.45) is 9.45. The van der Waals surface area contributed by atoms with Crippen LogP contribution in [0.15, 0.2) is 0 Å². The first-order valence-electron chi connectivity index (χ1n) is 6.08. The molecule has 1 fully saturated rings. The minimum Gasteiger partial charge on any atom is -0.461 e. The summed E-state index contributed by atoms with van der Waals surface area (Å²) in [5.74, 6) is -0.229. The summed E-state index contributed by atoms with van der Waals surface area (Å²) in [4.78, 5) is 11.0. The average molecular weight is 233 g/mol. The molecule has 0 unspecified atom stereocenters. The molecule has 15 heavy (non-hydrogen) atoms. The Hall–Kier alpha value is -0.240. The Morgan fingerprint density at radius 2 is 1.93 bits per heavy atom. The molecular formula is C12H21ClO2. The molecule has 3 heteroatoms. The zero-order valence-corrected chi connectivity index (χ0v) is 10.3. The van der Waals surface area contributed by atoms with E-state index in [0.717, 1.165) is 12.8 Å². The van der Waals surface area contributed by atoms with E-state index in [9.17, 15) is 4.79 Å². The number of hydrogen-bond acceptors (Lipinski definition) is 2. The second-order valence-corrected chi connectivity index (χ2v) is 4.85. The van der Waals surface area contributed by atoms with Gasteiger partial charge in [0, 0.05) is 6.42 Å². The lowest BCUT2D eigenvalue weighted by Crippen LogP contribution is -2.06. The van der Waals surface area contributed by atoms with Crippen molar-refractivity contribution in [2.45, 2.75) is 69.8 Å². The van der Waals surface area contributed by atoms with Crippen molar-refractivity contribution in [3.63, 3.8) is 0 Å². The van der Waals surface area contributed by atoms with E-state index in [2.05, 4.69) is 6.92 Å². The van der Waals surface area contributed by atoms with Crippen LogP contribution in [0.2, 0.25) is 0 Å². The van der Waals surface area contributed by atoms with Gasteiger partial charge in [-0.25, -0.2) is 0 Å². The van der Waals surface area contributed by atoms with E-state index in [1.807, 2.05) is 0 Å². The van der Waals surface area contributed by atoms with Gasteiger partial charge in [-0.1, -0.05) is 39.0 Å². The highest BCUT2D eigenvalue weighted by atomic mass is 35.5. The molecule has 88 valence electrons. The molecule has 1 aliphatic heterocycles. The Kier molecular flexibility index (Phi) is 6.07. The van der Waals surface area contributed by atoms with Crippen LogP contribution in [0.1, 0.15) is 58.3 Å². The Bertz CT molecular complexity index is 194. The minimum atomic E-state index is -0.393. The topological polar surface area (TPSA) is 26.3 Å². The van der Waals surface area contributed by atoms with Gasteiger partial charge >= 0.3 is 5.97 Å². The van der Waals surface area contributed by atoms with E-state index in [-0.39, 0.29) is 12.1 Å². The summed E-state index contributed by atoms with van der Waals surface area (Å²) in [5.41, 5.74) is 0. The second-order valence-electron chi connectivity index (χ2n) is 4.32. The van der Waals surface area contributed by atoms with Gasteiger partial charge in [0.05, 0.1) is 0 Å². The predicted octanol–water partition coefficient (Wildman–Crippen LogP) is 3.66.